The van der Waals surface area contributed by atoms with Crippen molar-refractivity contribution in [3.63, 3.8) is 0 Å². The zero-order valence-corrected chi connectivity index (χ0v) is 15.7. The van der Waals surface area contributed by atoms with E-state index in [2.05, 4.69) is 22.8 Å². The average Bonchev–Trinajstić information content (AvgIpc) is 2.67. The van der Waals surface area contributed by atoms with E-state index in [9.17, 15) is 9.59 Å². The van der Waals surface area contributed by atoms with Crippen molar-refractivity contribution in [1.82, 2.24) is 10.6 Å². The second-order valence-electron chi connectivity index (χ2n) is 6.92. The molecule has 0 saturated heterocycles. The molecule has 5 nitrogen and oxygen atoms in total. The first-order valence-corrected chi connectivity index (χ1v) is 9.46. The molecule has 2 amide bonds. The van der Waals surface area contributed by atoms with Crippen LogP contribution in [0.5, 0.6) is 5.75 Å². The highest BCUT2D eigenvalue weighted by atomic mass is 16.5. The van der Waals surface area contributed by atoms with Gasteiger partial charge >= 0.3 is 0 Å². The molecule has 142 valence electrons. The molecular weight excluding hydrogens is 340 g/mol. The Morgan fingerprint density at radius 2 is 1.70 bits per heavy atom. The van der Waals surface area contributed by atoms with Crippen LogP contribution < -0.4 is 15.4 Å². The average molecular weight is 366 g/mol. The van der Waals surface area contributed by atoms with Gasteiger partial charge in [-0.25, -0.2) is 0 Å². The minimum absolute atomic E-state index is 0.0308. The molecule has 0 radical (unpaired) electrons. The van der Waals surface area contributed by atoms with Crippen LogP contribution in [0.3, 0.4) is 0 Å². The van der Waals surface area contributed by atoms with Gasteiger partial charge in [-0.05, 0) is 49.6 Å². The Bertz CT molecular complexity index is 768. The van der Waals surface area contributed by atoms with Crippen LogP contribution in [0.15, 0.2) is 54.6 Å². The number of hydrogen-bond donors (Lipinski definition) is 2. The third kappa shape index (κ3) is 4.67. The number of benzene rings is 2. The Balaban J connectivity index is 1.47. The molecule has 0 heterocycles. The zero-order valence-electron chi connectivity index (χ0n) is 15.7. The van der Waals surface area contributed by atoms with Gasteiger partial charge in [0.15, 0.2) is 0 Å². The maximum atomic E-state index is 12.2. The normalized spacial score (nSPS) is 14.7. The van der Waals surface area contributed by atoms with Gasteiger partial charge in [0.05, 0.1) is 13.2 Å². The maximum Gasteiger partial charge on any atom is 0.251 e. The molecule has 2 N–H and O–H groups in total. The molecule has 27 heavy (non-hydrogen) atoms. The summed E-state index contributed by atoms with van der Waals surface area (Å²) in [5.41, 5.74) is 1.82. The van der Waals surface area contributed by atoms with Crippen LogP contribution in [-0.2, 0) is 10.2 Å². The molecular formula is C22H26N2O3. The molecule has 0 atom stereocenters. The van der Waals surface area contributed by atoms with Crippen molar-refractivity contribution in [3.05, 3.63) is 65.7 Å². The van der Waals surface area contributed by atoms with Gasteiger partial charge in [0, 0.05) is 17.5 Å². The van der Waals surface area contributed by atoms with Gasteiger partial charge in [0.2, 0.25) is 5.91 Å². The fourth-order valence-electron chi connectivity index (χ4n) is 3.42. The molecule has 2 aromatic rings. The largest absolute Gasteiger partial charge is 0.494 e. The minimum Gasteiger partial charge on any atom is -0.494 e. The third-order valence-corrected chi connectivity index (χ3v) is 5.16. The Labute approximate surface area is 160 Å². The first-order chi connectivity index (χ1) is 13.1. The molecule has 2 aromatic carbocycles. The van der Waals surface area contributed by atoms with Crippen molar-refractivity contribution in [2.24, 2.45) is 0 Å². The van der Waals surface area contributed by atoms with E-state index in [1.54, 1.807) is 24.3 Å². The van der Waals surface area contributed by atoms with Gasteiger partial charge in [0.1, 0.15) is 5.75 Å². The lowest BCUT2D eigenvalue weighted by Gasteiger charge is -2.42. The van der Waals surface area contributed by atoms with E-state index >= 15 is 0 Å². The summed E-state index contributed by atoms with van der Waals surface area (Å²) in [6, 6.07) is 17.2. The SMILES string of the molecule is CCOc1ccc(C(=O)NCC(=O)NCC2(c3ccccc3)CCC2)cc1. The first-order valence-electron chi connectivity index (χ1n) is 9.46. The highest BCUT2D eigenvalue weighted by Gasteiger charge is 2.38. The van der Waals surface area contributed by atoms with Gasteiger partial charge in [-0.15, -0.1) is 0 Å². The summed E-state index contributed by atoms with van der Waals surface area (Å²) in [7, 11) is 0. The van der Waals surface area contributed by atoms with Crippen molar-refractivity contribution in [3.8, 4) is 5.75 Å². The lowest BCUT2D eigenvalue weighted by atomic mass is 9.64. The second kappa shape index (κ2) is 8.71. The van der Waals surface area contributed by atoms with E-state index in [4.69, 9.17) is 4.74 Å². The molecule has 0 aromatic heterocycles. The number of carbonyl (C=O) groups excluding carboxylic acids is 2. The van der Waals surface area contributed by atoms with Crippen molar-refractivity contribution >= 4 is 11.8 Å². The summed E-state index contributed by atoms with van der Waals surface area (Å²) < 4.78 is 5.36. The molecule has 1 saturated carbocycles. The number of amides is 2. The second-order valence-corrected chi connectivity index (χ2v) is 6.92. The lowest BCUT2D eigenvalue weighted by Crippen LogP contribution is -2.47. The highest BCUT2D eigenvalue weighted by molar-refractivity contribution is 5.96. The van der Waals surface area contributed by atoms with Crippen LogP contribution in [-0.4, -0.2) is 31.5 Å². The quantitative estimate of drug-likeness (QED) is 0.755. The van der Waals surface area contributed by atoms with Gasteiger partial charge in [0.25, 0.3) is 5.91 Å². The fraction of sp³-hybridized carbons (Fsp3) is 0.364. The van der Waals surface area contributed by atoms with Crippen LogP contribution in [0, 0.1) is 0 Å². The number of hydrogen-bond acceptors (Lipinski definition) is 3. The van der Waals surface area contributed by atoms with Gasteiger partial charge in [-0.3, -0.25) is 9.59 Å². The van der Waals surface area contributed by atoms with Crippen LogP contribution in [0.2, 0.25) is 0 Å². The summed E-state index contributed by atoms with van der Waals surface area (Å²) in [4.78, 5) is 24.4. The fourth-order valence-corrected chi connectivity index (χ4v) is 3.42. The molecule has 0 unspecified atom stereocenters. The van der Waals surface area contributed by atoms with Gasteiger partial charge < -0.3 is 15.4 Å². The van der Waals surface area contributed by atoms with Crippen LogP contribution >= 0.6 is 0 Å². The zero-order chi connectivity index (χ0) is 19.1. The standard InChI is InChI=1S/C22H26N2O3/c1-2-27-19-11-9-17(10-12-19)21(26)23-15-20(25)24-16-22(13-6-14-22)18-7-4-3-5-8-18/h3-5,7-12H,2,6,13-16H2,1H3,(H,23,26)(H,24,25). The summed E-state index contributed by atoms with van der Waals surface area (Å²) in [5.74, 6) is 0.282. The lowest BCUT2D eigenvalue weighted by molar-refractivity contribution is -0.120. The summed E-state index contributed by atoms with van der Waals surface area (Å²) in [6.45, 7) is 3.06. The molecule has 0 spiro atoms. The third-order valence-electron chi connectivity index (χ3n) is 5.16. The molecule has 1 aliphatic rings. The molecule has 5 heteroatoms. The summed E-state index contributed by atoms with van der Waals surface area (Å²) in [6.07, 6.45) is 3.34. The van der Waals surface area contributed by atoms with Crippen molar-refractivity contribution < 1.29 is 14.3 Å². The number of nitrogens with one attached hydrogen (secondary N) is 2. The van der Waals surface area contributed by atoms with Crippen molar-refractivity contribution in [2.75, 3.05) is 19.7 Å². The number of carbonyl (C=O) groups is 2. The smallest absolute Gasteiger partial charge is 0.251 e. The van der Waals surface area contributed by atoms with E-state index in [0.717, 1.165) is 18.6 Å². The minimum atomic E-state index is -0.269. The topological polar surface area (TPSA) is 67.4 Å². The first kappa shape index (κ1) is 19.0. The Morgan fingerprint density at radius 3 is 2.30 bits per heavy atom. The van der Waals surface area contributed by atoms with Crippen molar-refractivity contribution in [2.45, 2.75) is 31.6 Å². The van der Waals surface area contributed by atoms with E-state index in [1.165, 1.54) is 12.0 Å². The molecule has 1 aliphatic carbocycles. The maximum absolute atomic E-state index is 12.2. The predicted octanol–water partition coefficient (Wildman–Crippen LogP) is 3.05. The van der Waals surface area contributed by atoms with Gasteiger partial charge in [-0.1, -0.05) is 36.8 Å². The number of rotatable bonds is 8. The molecule has 0 bridgehead atoms. The summed E-state index contributed by atoms with van der Waals surface area (Å²) >= 11 is 0. The Hall–Kier alpha value is -2.82. The Kier molecular flexibility index (Phi) is 6.12. The van der Waals surface area contributed by atoms with Crippen LogP contribution in [0.1, 0.15) is 42.1 Å². The van der Waals surface area contributed by atoms with Crippen molar-refractivity contribution in [1.29, 1.82) is 0 Å². The van der Waals surface area contributed by atoms with Crippen LogP contribution in [0.4, 0.5) is 0 Å². The van der Waals surface area contributed by atoms with E-state index in [1.807, 2.05) is 25.1 Å². The predicted molar refractivity (Wildman–Crippen MR) is 105 cm³/mol. The number of ether oxygens (including phenoxy) is 1. The molecule has 0 aliphatic heterocycles. The highest BCUT2D eigenvalue weighted by Crippen LogP contribution is 2.43. The summed E-state index contributed by atoms with van der Waals surface area (Å²) in [5, 5.41) is 5.65. The van der Waals surface area contributed by atoms with Crippen LogP contribution in [0.25, 0.3) is 0 Å². The van der Waals surface area contributed by atoms with E-state index in [0.29, 0.717) is 18.7 Å². The Morgan fingerprint density at radius 1 is 1.00 bits per heavy atom. The molecule has 3 rings (SSSR count). The van der Waals surface area contributed by atoms with E-state index in [-0.39, 0.29) is 23.8 Å². The van der Waals surface area contributed by atoms with E-state index < -0.39 is 0 Å². The monoisotopic (exact) mass is 366 g/mol. The molecule has 1 fully saturated rings. The van der Waals surface area contributed by atoms with Gasteiger partial charge in [-0.2, -0.15) is 0 Å².